The van der Waals surface area contributed by atoms with E-state index in [0.717, 1.165) is 12.0 Å². The van der Waals surface area contributed by atoms with E-state index in [4.69, 9.17) is 4.74 Å². The van der Waals surface area contributed by atoms with E-state index in [2.05, 4.69) is 13.0 Å². The zero-order valence-corrected chi connectivity index (χ0v) is 14.5. The summed E-state index contributed by atoms with van der Waals surface area (Å²) in [7, 11) is 1.45. The molecule has 0 saturated carbocycles. The number of allylic oxidation sites excluding steroid dienone is 5. The van der Waals surface area contributed by atoms with Crippen LogP contribution in [0, 0.1) is 0 Å². The van der Waals surface area contributed by atoms with Crippen molar-refractivity contribution >= 4 is 5.91 Å². The Kier molecular flexibility index (Phi) is 8.23. The van der Waals surface area contributed by atoms with E-state index in [-0.39, 0.29) is 0 Å². The van der Waals surface area contributed by atoms with Gasteiger partial charge in [-0.3, -0.25) is 4.79 Å². The SMILES string of the molecule is CC/C=C(C)/C=C/C/C(C)=C/[C@@H](O)C(=O)N1CC[C@@H](O)[C@@H]1OC. The highest BCUT2D eigenvalue weighted by Gasteiger charge is 2.37. The standard InChI is InChI=1S/C18H29NO4/c1-5-7-13(2)8-6-9-14(3)12-16(21)17(22)19-11-10-15(20)18(19)23-4/h6-8,12,15-16,18,20-21H,5,9-11H2,1-4H3/b8-6+,13-7+,14-12+/t15-,16-,18+/m1/s1. The molecule has 1 saturated heterocycles. The molecule has 0 aromatic rings. The number of methoxy groups -OCH3 is 1. The highest BCUT2D eigenvalue weighted by Crippen LogP contribution is 2.20. The topological polar surface area (TPSA) is 70.0 Å². The second-order valence-corrected chi connectivity index (χ2v) is 5.93. The minimum Gasteiger partial charge on any atom is -0.388 e. The molecule has 1 fully saturated rings. The van der Waals surface area contributed by atoms with Crippen molar-refractivity contribution in [3.05, 3.63) is 35.5 Å². The average molecular weight is 323 g/mol. The second-order valence-electron chi connectivity index (χ2n) is 5.93. The van der Waals surface area contributed by atoms with Gasteiger partial charge in [-0.15, -0.1) is 0 Å². The monoisotopic (exact) mass is 323 g/mol. The summed E-state index contributed by atoms with van der Waals surface area (Å²) in [6.07, 6.45) is 7.31. The van der Waals surface area contributed by atoms with E-state index in [9.17, 15) is 15.0 Å². The normalized spacial score (nSPS) is 24.5. The van der Waals surface area contributed by atoms with Gasteiger partial charge in [0.15, 0.2) is 12.3 Å². The van der Waals surface area contributed by atoms with Crippen LogP contribution in [-0.2, 0) is 9.53 Å². The van der Waals surface area contributed by atoms with Crippen molar-refractivity contribution in [3.63, 3.8) is 0 Å². The lowest BCUT2D eigenvalue weighted by atomic mass is 10.1. The van der Waals surface area contributed by atoms with E-state index >= 15 is 0 Å². The maximum atomic E-state index is 12.3. The Morgan fingerprint density at radius 2 is 2.13 bits per heavy atom. The Morgan fingerprint density at radius 3 is 2.74 bits per heavy atom. The fourth-order valence-corrected chi connectivity index (χ4v) is 2.67. The third-order valence-corrected chi connectivity index (χ3v) is 3.87. The molecule has 1 amide bonds. The smallest absolute Gasteiger partial charge is 0.257 e. The van der Waals surface area contributed by atoms with Crippen molar-refractivity contribution in [1.29, 1.82) is 0 Å². The van der Waals surface area contributed by atoms with Crippen LogP contribution in [0.15, 0.2) is 35.5 Å². The van der Waals surface area contributed by atoms with E-state index in [1.54, 1.807) is 6.08 Å². The number of carbonyl (C=O) groups is 1. The first-order valence-electron chi connectivity index (χ1n) is 8.10. The van der Waals surface area contributed by atoms with Gasteiger partial charge in [0.1, 0.15) is 6.10 Å². The number of hydrogen-bond donors (Lipinski definition) is 2. The largest absolute Gasteiger partial charge is 0.388 e. The van der Waals surface area contributed by atoms with Crippen LogP contribution in [0.4, 0.5) is 0 Å². The van der Waals surface area contributed by atoms with Gasteiger partial charge in [-0.25, -0.2) is 0 Å². The first-order chi connectivity index (χ1) is 10.9. The predicted octanol–water partition coefficient (Wildman–Crippen LogP) is 2.16. The first kappa shape index (κ1) is 19.6. The molecule has 1 rings (SSSR count). The molecule has 0 aliphatic carbocycles. The van der Waals surface area contributed by atoms with Gasteiger partial charge in [-0.2, -0.15) is 0 Å². The molecule has 0 unspecified atom stereocenters. The number of rotatable bonds is 7. The summed E-state index contributed by atoms with van der Waals surface area (Å²) in [5.41, 5.74) is 2.12. The van der Waals surface area contributed by atoms with Gasteiger partial charge < -0.3 is 19.8 Å². The van der Waals surface area contributed by atoms with Crippen molar-refractivity contribution < 1.29 is 19.7 Å². The number of likely N-dealkylation sites (tertiary alicyclic amines) is 1. The summed E-state index contributed by atoms with van der Waals surface area (Å²) in [4.78, 5) is 13.7. The number of nitrogens with zero attached hydrogens (tertiary/aromatic N) is 1. The number of carbonyl (C=O) groups excluding carboxylic acids is 1. The van der Waals surface area contributed by atoms with Gasteiger partial charge in [-0.1, -0.05) is 36.3 Å². The van der Waals surface area contributed by atoms with Crippen molar-refractivity contribution in [2.75, 3.05) is 13.7 Å². The summed E-state index contributed by atoms with van der Waals surface area (Å²) in [6, 6.07) is 0. The Bertz CT molecular complexity index is 481. The summed E-state index contributed by atoms with van der Waals surface area (Å²) in [6.45, 7) is 6.41. The summed E-state index contributed by atoms with van der Waals surface area (Å²) < 4.78 is 5.13. The number of hydrogen-bond acceptors (Lipinski definition) is 4. The zero-order chi connectivity index (χ0) is 17.4. The van der Waals surface area contributed by atoms with Gasteiger partial charge in [-0.05, 0) is 39.2 Å². The number of amides is 1. The average Bonchev–Trinajstić information content (AvgIpc) is 2.87. The van der Waals surface area contributed by atoms with Crippen molar-refractivity contribution in [2.24, 2.45) is 0 Å². The second kappa shape index (κ2) is 9.65. The molecular formula is C18H29NO4. The van der Waals surface area contributed by atoms with Crippen LogP contribution >= 0.6 is 0 Å². The molecule has 23 heavy (non-hydrogen) atoms. The Balaban J connectivity index is 2.61. The molecule has 130 valence electrons. The zero-order valence-electron chi connectivity index (χ0n) is 14.5. The molecular weight excluding hydrogens is 294 g/mol. The minimum atomic E-state index is -1.21. The van der Waals surface area contributed by atoms with Crippen LogP contribution in [-0.4, -0.2) is 53.1 Å². The number of aliphatic hydroxyl groups is 2. The Hall–Kier alpha value is -1.43. The predicted molar refractivity (Wildman–Crippen MR) is 90.7 cm³/mol. The Labute approximate surface area is 138 Å². The summed E-state index contributed by atoms with van der Waals surface area (Å²) in [5.74, 6) is -0.432. The van der Waals surface area contributed by atoms with Crippen LogP contribution in [0.2, 0.25) is 0 Å². The number of aliphatic hydroxyl groups excluding tert-OH is 2. The molecule has 0 aromatic heterocycles. The molecule has 5 heteroatoms. The van der Waals surface area contributed by atoms with E-state index in [0.29, 0.717) is 19.4 Å². The molecule has 1 aliphatic heterocycles. The third-order valence-electron chi connectivity index (χ3n) is 3.87. The van der Waals surface area contributed by atoms with Crippen LogP contribution in [0.25, 0.3) is 0 Å². The molecule has 2 N–H and O–H groups in total. The van der Waals surface area contributed by atoms with Crippen molar-refractivity contribution in [1.82, 2.24) is 4.90 Å². The fraction of sp³-hybridized carbons (Fsp3) is 0.611. The van der Waals surface area contributed by atoms with Gasteiger partial charge in [0.25, 0.3) is 5.91 Å². The maximum absolute atomic E-state index is 12.3. The molecule has 3 atom stereocenters. The molecule has 1 heterocycles. The summed E-state index contributed by atoms with van der Waals surface area (Å²) in [5, 5.41) is 19.9. The highest BCUT2D eigenvalue weighted by molar-refractivity contribution is 5.83. The molecule has 1 aliphatic rings. The van der Waals surface area contributed by atoms with Crippen molar-refractivity contribution in [3.8, 4) is 0 Å². The lowest BCUT2D eigenvalue weighted by molar-refractivity contribution is -0.151. The van der Waals surface area contributed by atoms with Gasteiger partial charge in [0.2, 0.25) is 0 Å². The van der Waals surface area contributed by atoms with E-state index in [1.165, 1.54) is 17.6 Å². The fourth-order valence-electron chi connectivity index (χ4n) is 2.67. The highest BCUT2D eigenvalue weighted by atomic mass is 16.5. The maximum Gasteiger partial charge on any atom is 0.257 e. The first-order valence-corrected chi connectivity index (χ1v) is 8.10. The minimum absolute atomic E-state index is 0.392. The third kappa shape index (κ3) is 5.94. The van der Waals surface area contributed by atoms with Crippen LogP contribution in [0.1, 0.15) is 40.0 Å². The van der Waals surface area contributed by atoms with Crippen molar-refractivity contribution in [2.45, 2.75) is 58.5 Å². The Morgan fingerprint density at radius 1 is 1.43 bits per heavy atom. The quantitative estimate of drug-likeness (QED) is 0.556. The van der Waals surface area contributed by atoms with E-state index < -0.39 is 24.3 Å². The lowest BCUT2D eigenvalue weighted by Crippen LogP contribution is -2.45. The molecule has 0 aromatic carbocycles. The molecule has 0 bridgehead atoms. The molecule has 0 radical (unpaired) electrons. The van der Waals surface area contributed by atoms with Gasteiger partial charge in [0.05, 0.1) is 0 Å². The van der Waals surface area contributed by atoms with E-state index in [1.807, 2.05) is 26.0 Å². The van der Waals surface area contributed by atoms with Crippen LogP contribution < -0.4 is 0 Å². The number of ether oxygens (including phenoxy) is 1. The molecule has 0 spiro atoms. The summed E-state index contributed by atoms with van der Waals surface area (Å²) >= 11 is 0. The molecule has 5 nitrogen and oxygen atoms in total. The lowest BCUT2D eigenvalue weighted by Gasteiger charge is -2.26. The van der Waals surface area contributed by atoms with Crippen LogP contribution in [0.3, 0.4) is 0 Å². The van der Waals surface area contributed by atoms with Gasteiger partial charge >= 0.3 is 0 Å². The van der Waals surface area contributed by atoms with Crippen LogP contribution in [0.5, 0.6) is 0 Å². The van der Waals surface area contributed by atoms with Gasteiger partial charge in [0, 0.05) is 13.7 Å².